The summed E-state index contributed by atoms with van der Waals surface area (Å²) < 4.78 is 56.5. The van der Waals surface area contributed by atoms with Crippen molar-refractivity contribution in [1.29, 1.82) is 0 Å². The standard InChI is InChI=1S/C28H27F4NO/c1-17-5-6-19-14-20-11-18(2)12-21(25(20)33-24(19)13-17)15-27(34,28(30,31)32)16-26(3,4)22-7-9-23(29)10-8-22/h5-14,34H,15-16H2,1-4H3. The lowest BCUT2D eigenvalue weighted by Gasteiger charge is -2.38. The van der Waals surface area contributed by atoms with Crippen LogP contribution in [0, 0.1) is 19.7 Å². The second kappa shape index (κ2) is 8.35. The van der Waals surface area contributed by atoms with Crippen LogP contribution < -0.4 is 0 Å². The monoisotopic (exact) mass is 469 g/mol. The van der Waals surface area contributed by atoms with Gasteiger partial charge in [0.1, 0.15) is 5.82 Å². The van der Waals surface area contributed by atoms with E-state index in [9.17, 15) is 22.7 Å². The van der Waals surface area contributed by atoms with Gasteiger partial charge in [-0.2, -0.15) is 13.2 Å². The number of pyridine rings is 1. The molecule has 0 saturated carbocycles. The molecule has 6 heteroatoms. The summed E-state index contributed by atoms with van der Waals surface area (Å²) in [5, 5.41) is 12.8. The Hall–Kier alpha value is -2.99. The highest BCUT2D eigenvalue weighted by Gasteiger charge is 2.56. The van der Waals surface area contributed by atoms with Crippen LogP contribution in [0.4, 0.5) is 17.6 Å². The third kappa shape index (κ3) is 4.64. The first-order chi connectivity index (χ1) is 15.8. The summed E-state index contributed by atoms with van der Waals surface area (Å²) in [6, 6.07) is 16.6. The van der Waals surface area contributed by atoms with E-state index in [1.165, 1.54) is 24.3 Å². The van der Waals surface area contributed by atoms with Crippen LogP contribution in [0.1, 0.15) is 42.5 Å². The number of aromatic nitrogens is 1. The molecule has 3 aromatic carbocycles. The number of nitrogens with zero attached hydrogens (tertiary/aromatic N) is 1. The molecule has 1 heterocycles. The SMILES string of the molecule is Cc1cc(CC(O)(CC(C)(C)c2ccc(F)cc2)C(F)(F)F)c2nc3cc(C)ccc3cc2c1. The Kier molecular flexibility index (Phi) is 5.93. The van der Waals surface area contributed by atoms with Crippen LogP contribution in [-0.2, 0) is 11.8 Å². The zero-order chi connectivity index (χ0) is 24.9. The summed E-state index contributed by atoms with van der Waals surface area (Å²) in [7, 11) is 0. The lowest BCUT2D eigenvalue weighted by atomic mass is 9.73. The molecule has 0 aliphatic carbocycles. The van der Waals surface area contributed by atoms with Crippen molar-refractivity contribution in [3.63, 3.8) is 0 Å². The van der Waals surface area contributed by atoms with Gasteiger partial charge in [-0.05, 0) is 72.7 Å². The number of rotatable bonds is 5. The zero-order valence-electron chi connectivity index (χ0n) is 19.6. The summed E-state index contributed by atoms with van der Waals surface area (Å²) in [4.78, 5) is 4.69. The molecule has 0 amide bonds. The quantitative estimate of drug-likeness (QED) is 0.245. The third-order valence-corrected chi connectivity index (χ3v) is 6.46. The highest BCUT2D eigenvalue weighted by Crippen LogP contribution is 2.44. The Morgan fingerprint density at radius 2 is 1.50 bits per heavy atom. The predicted octanol–water partition coefficient (Wildman–Crippen LogP) is 7.35. The minimum Gasteiger partial charge on any atom is -0.380 e. The largest absolute Gasteiger partial charge is 0.417 e. The van der Waals surface area contributed by atoms with Gasteiger partial charge in [-0.3, -0.25) is 0 Å². The van der Waals surface area contributed by atoms with Crippen molar-refractivity contribution in [3.8, 4) is 0 Å². The maximum atomic E-state index is 14.4. The maximum Gasteiger partial charge on any atom is 0.417 e. The molecule has 0 spiro atoms. The number of aryl methyl sites for hydroxylation is 2. The second-order valence-electron chi connectivity index (χ2n) is 9.95. The van der Waals surface area contributed by atoms with E-state index in [4.69, 9.17) is 4.98 Å². The summed E-state index contributed by atoms with van der Waals surface area (Å²) in [5.41, 5.74) is -0.271. The fourth-order valence-corrected chi connectivity index (χ4v) is 4.74. The van der Waals surface area contributed by atoms with Gasteiger partial charge < -0.3 is 5.11 Å². The van der Waals surface area contributed by atoms with Crippen LogP contribution in [-0.4, -0.2) is 21.9 Å². The Labute approximate surface area is 196 Å². The Morgan fingerprint density at radius 1 is 0.824 bits per heavy atom. The predicted molar refractivity (Wildman–Crippen MR) is 127 cm³/mol. The maximum absolute atomic E-state index is 14.4. The van der Waals surface area contributed by atoms with E-state index >= 15 is 0 Å². The highest BCUT2D eigenvalue weighted by molar-refractivity contribution is 5.94. The van der Waals surface area contributed by atoms with Crippen molar-refractivity contribution < 1.29 is 22.7 Å². The van der Waals surface area contributed by atoms with Crippen LogP contribution in [0.25, 0.3) is 21.8 Å². The first-order valence-electron chi connectivity index (χ1n) is 11.1. The van der Waals surface area contributed by atoms with E-state index in [1.54, 1.807) is 19.9 Å². The van der Waals surface area contributed by atoms with Crippen LogP contribution in [0.15, 0.2) is 60.7 Å². The van der Waals surface area contributed by atoms with E-state index in [1.807, 2.05) is 44.2 Å². The molecule has 2 nitrogen and oxygen atoms in total. The molecule has 178 valence electrons. The summed E-state index contributed by atoms with van der Waals surface area (Å²) in [6.07, 6.45) is -6.10. The molecule has 0 fully saturated rings. The number of fused-ring (bicyclic) bond motifs is 2. The van der Waals surface area contributed by atoms with Gasteiger partial charge in [-0.15, -0.1) is 0 Å². The average molecular weight is 470 g/mol. The number of halogens is 4. The third-order valence-electron chi connectivity index (χ3n) is 6.46. The molecule has 0 bridgehead atoms. The highest BCUT2D eigenvalue weighted by atomic mass is 19.4. The molecular formula is C28H27F4NO. The molecule has 0 aliphatic rings. The minimum absolute atomic E-state index is 0.341. The van der Waals surface area contributed by atoms with Crippen molar-refractivity contribution in [3.05, 3.63) is 88.7 Å². The van der Waals surface area contributed by atoms with Gasteiger partial charge in [0.05, 0.1) is 11.0 Å². The first-order valence-corrected chi connectivity index (χ1v) is 11.1. The molecule has 4 rings (SSSR count). The zero-order valence-corrected chi connectivity index (χ0v) is 19.6. The Morgan fingerprint density at radius 3 is 2.15 bits per heavy atom. The molecule has 0 aliphatic heterocycles. The second-order valence-corrected chi connectivity index (χ2v) is 9.95. The minimum atomic E-state index is -4.88. The fraction of sp³-hybridized carbons (Fsp3) is 0.321. The Balaban J connectivity index is 1.82. The molecule has 1 N–H and O–H groups in total. The molecule has 1 unspecified atom stereocenters. The smallest absolute Gasteiger partial charge is 0.380 e. The van der Waals surface area contributed by atoms with Crippen molar-refractivity contribution in [1.82, 2.24) is 4.98 Å². The number of hydrogen-bond acceptors (Lipinski definition) is 2. The van der Waals surface area contributed by atoms with E-state index in [2.05, 4.69) is 0 Å². The van der Waals surface area contributed by atoms with Crippen molar-refractivity contribution in [2.24, 2.45) is 0 Å². The normalized spacial score (nSPS) is 14.5. The number of aliphatic hydroxyl groups is 1. The fourth-order valence-electron chi connectivity index (χ4n) is 4.74. The number of hydrogen-bond donors (Lipinski definition) is 1. The van der Waals surface area contributed by atoms with E-state index in [-0.39, 0.29) is 0 Å². The molecule has 4 aromatic rings. The lowest BCUT2D eigenvalue weighted by molar-refractivity contribution is -0.266. The lowest BCUT2D eigenvalue weighted by Crippen LogP contribution is -2.50. The van der Waals surface area contributed by atoms with Crippen LogP contribution in [0.5, 0.6) is 0 Å². The van der Waals surface area contributed by atoms with Crippen LogP contribution in [0.3, 0.4) is 0 Å². The van der Waals surface area contributed by atoms with Crippen molar-refractivity contribution in [2.75, 3.05) is 0 Å². The molecule has 1 aromatic heterocycles. The summed E-state index contributed by atoms with van der Waals surface area (Å²) in [5.74, 6) is -0.467. The van der Waals surface area contributed by atoms with Crippen molar-refractivity contribution >= 4 is 21.8 Å². The number of alkyl halides is 3. The Bertz CT molecular complexity index is 1360. The summed E-state index contributed by atoms with van der Waals surface area (Å²) in [6.45, 7) is 7.00. The van der Waals surface area contributed by atoms with Gasteiger partial charge in [0, 0.05) is 17.2 Å². The number of benzene rings is 3. The topological polar surface area (TPSA) is 33.1 Å². The van der Waals surface area contributed by atoms with Crippen LogP contribution >= 0.6 is 0 Å². The van der Waals surface area contributed by atoms with E-state index in [0.717, 1.165) is 21.9 Å². The van der Waals surface area contributed by atoms with Gasteiger partial charge in [-0.25, -0.2) is 9.37 Å². The first kappa shape index (κ1) is 24.1. The van der Waals surface area contributed by atoms with Gasteiger partial charge in [0.15, 0.2) is 5.60 Å². The van der Waals surface area contributed by atoms with Gasteiger partial charge in [0.25, 0.3) is 0 Å². The van der Waals surface area contributed by atoms with E-state index in [0.29, 0.717) is 22.2 Å². The van der Waals surface area contributed by atoms with E-state index < -0.39 is 35.9 Å². The molecule has 34 heavy (non-hydrogen) atoms. The molecular weight excluding hydrogens is 442 g/mol. The summed E-state index contributed by atoms with van der Waals surface area (Å²) >= 11 is 0. The van der Waals surface area contributed by atoms with Gasteiger partial charge in [-0.1, -0.05) is 49.7 Å². The molecule has 1 atom stereocenters. The average Bonchev–Trinajstić information content (AvgIpc) is 2.71. The van der Waals surface area contributed by atoms with Crippen LogP contribution in [0.2, 0.25) is 0 Å². The van der Waals surface area contributed by atoms with Crippen molar-refractivity contribution in [2.45, 2.75) is 57.7 Å². The van der Waals surface area contributed by atoms with Gasteiger partial charge >= 0.3 is 6.18 Å². The van der Waals surface area contributed by atoms with Gasteiger partial charge in [0.2, 0.25) is 0 Å². The molecule has 0 radical (unpaired) electrons. The molecule has 0 saturated heterocycles.